The fourth-order valence-corrected chi connectivity index (χ4v) is 2.93. The van der Waals surface area contributed by atoms with E-state index in [2.05, 4.69) is 27.1 Å². The smallest absolute Gasteiger partial charge is 0.329 e. The predicted octanol–water partition coefficient (Wildman–Crippen LogP) is 0.823. The highest BCUT2D eigenvalue weighted by Gasteiger charge is 2.19. The Morgan fingerprint density at radius 3 is 2.83 bits per heavy atom. The number of hydrogen-bond acceptors (Lipinski definition) is 7. The van der Waals surface area contributed by atoms with Crippen LogP contribution in [-0.4, -0.2) is 49.2 Å². The number of nitrogens with one attached hydrogen (secondary N) is 2. The summed E-state index contributed by atoms with van der Waals surface area (Å²) in [5, 5.41) is 14.7. The van der Waals surface area contributed by atoms with E-state index >= 15 is 0 Å². The zero-order valence-corrected chi connectivity index (χ0v) is 16.8. The third-order valence-corrected chi connectivity index (χ3v) is 4.46. The van der Waals surface area contributed by atoms with Gasteiger partial charge in [0.25, 0.3) is 5.56 Å². The normalized spacial score (nSPS) is 12.8. The van der Waals surface area contributed by atoms with Crippen molar-refractivity contribution < 1.29 is 9.84 Å². The molecule has 0 aliphatic rings. The minimum atomic E-state index is -0.918. The van der Waals surface area contributed by atoms with Gasteiger partial charge in [0.1, 0.15) is 0 Å². The van der Waals surface area contributed by atoms with Crippen molar-refractivity contribution >= 4 is 22.8 Å². The van der Waals surface area contributed by atoms with E-state index in [1.807, 2.05) is 37.3 Å². The summed E-state index contributed by atoms with van der Waals surface area (Å²) in [5.74, 6) is 0.217. The Kier molecular flexibility index (Phi) is 6.60. The minimum absolute atomic E-state index is 0.0111. The number of imidazole rings is 1. The highest BCUT2D eigenvalue weighted by molar-refractivity contribution is 5.99. The molecule has 2 aromatic heterocycles. The molecule has 0 aliphatic carbocycles. The van der Waals surface area contributed by atoms with Crippen LogP contribution in [0.15, 0.2) is 57.7 Å². The van der Waals surface area contributed by atoms with Gasteiger partial charge in [0.2, 0.25) is 5.95 Å². The first-order chi connectivity index (χ1) is 14.4. The lowest BCUT2D eigenvalue weighted by Crippen LogP contribution is -2.30. The minimum Gasteiger partial charge on any atom is -0.389 e. The molecule has 0 unspecified atom stereocenters. The van der Waals surface area contributed by atoms with Crippen molar-refractivity contribution in [3.05, 3.63) is 69.4 Å². The SMILES string of the molecule is C=CCOC[C@@H](O)Cn1c(N/N=C(/C)c2ccccc2)nc2c1c(=O)[nH]c(=O)n2C. The van der Waals surface area contributed by atoms with Gasteiger partial charge in [-0.2, -0.15) is 10.1 Å². The number of aromatic nitrogens is 4. The molecule has 3 aromatic rings. The lowest BCUT2D eigenvalue weighted by molar-refractivity contribution is 0.0405. The van der Waals surface area contributed by atoms with E-state index in [1.165, 1.54) is 16.2 Å². The Hall–Kier alpha value is -3.50. The molecule has 3 N–H and O–H groups in total. The summed E-state index contributed by atoms with van der Waals surface area (Å²) in [5.41, 5.74) is 3.61. The average molecular weight is 412 g/mol. The Morgan fingerprint density at radius 1 is 1.40 bits per heavy atom. The first kappa shape index (κ1) is 21.2. The van der Waals surface area contributed by atoms with Gasteiger partial charge in [-0.05, 0) is 12.5 Å². The summed E-state index contributed by atoms with van der Waals surface area (Å²) >= 11 is 0. The van der Waals surface area contributed by atoms with Gasteiger partial charge < -0.3 is 14.4 Å². The predicted molar refractivity (Wildman–Crippen MR) is 115 cm³/mol. The van der Waals surface area contributed by atoms with Crippen LogP contribution in [0.5, 0.6) is 0 Å². The van der Waals surface area contributed by atoms with E-state index in [9.17, 15) is 14.7 Å². The van der Waals surface area contributed by atoms with Crippen molar-refractivity contribution in [3.63, 3.8) is 0 Å². The highest BCUT2D eigenvalue weighted by atomic mass is 16.5. The summed E-state index contributed by atoms with van der Waals surface area (Å²) < 4.78 is 8.00. The van der Waals surface area contributed by atoms with Gasteiger partial charge in [0.05, 0.1) is 31.6 Å². The molecule has 0 fully saturated rings. The van der Waals surface area contributed by atoms with Gasteiger partial charge in [-0.15, -0.1) is 6.58 Å². The van der Waals surface area contributed by atoms with E-state index in [0.717, 1.165) is 5.56 Å². The summed E-state index contributed by atoms with van der Waals surface area (Å²) in [6, 6.07) is 9.54. The van der Waals surface area contributed by atoms with Crippen molar-refractivity contribution in [1.29, 1.82) is 0 Å². The van der Waals surface area contributed by atoms with Gasteiger partial charge in [-0.25, -0.2) is 10.2 Å². The summed E-state index contributed by atoms with van der Waals surface area (Å²) in [4.78, 5) is 31.0. The number of benzene rings is 1. The second-order valence-corrected chi connectivity index (χ2v) is 6.69. The van der Waals surface area contributed by atoms with Crippen LogP contribution >= 0.6 is 0 Å². The van der Waals surface area contributed by atoms with Gasteiger partial charge in [0.15, 0.2) is 11.2 Å². The van der Waals surface area contributed by atoms with Crippen molar-refractivity contribution in [2.45, 2.75) is 19.6 Å². The van der Waals surface area contributed by atoms with Crippen LogP contribution in [0.3, 0.4) is 0 Å². The fraction of sp³-hybridized carbons (Fsp3) is 0.300. The summed E-state index contributed by atoms with van der Waals surface area (Å²) in [7, 11) is 1.50. The van der Waals surface area contributed by atoms with E-state index in [-0.39, 0.29) is 30.3 Å². The topological polar surface area (TPSA) is 127 Å². The van der Waals surface area contributed by atoms with Crippen molar-refractivity contribution in [3.8, 4) is 0 Å². The fourth-order valence-electron chi connectivity index (χ4n) is 2.93. The maximum atomic E-state index is 12.5. The van der Waals surface area contributed by atoms with Crippen LogP contribution in [0.2, 0.25) is 0 Å². The number of aryl methyl sites for hydroxylation is 1. The van der Waals surface area contributed by atoms with Crippen LogP contribution in [-0.2, 0) is 18.3 Å². The standard InChI is InChI=1S/C20H24N6O4/c1-4-10-30-12-15(27)11-26-16-17(25(3)20(29)22-18(16)28)21-19(26)24-23-13(2)14-8-6-5-7-9-14/h4-9,15,27H,1,10-12H2,2-3H3,(H,21,24)(H,22,28,29)/b23-13-/t15-/m0/s1. The zero-order chi connectivity index (χ0) is 21.7. The molecule has 0 bridgehead atoms. The molecule has 30 heavy (non-hydrogen) atoms. The van der Waals surface area contributed by atoms with Gasteiger partial charge >= 0.3 is 5.69 Å². The lowest BCUT2D eigenvalue weighted by Gasteiger charge is -2.14. The van der Waals surface area contributed by atoms with Crippen molar-refractivity contribution in [2.24, 2.45) is 12.1 Å². The third kappa shape index (κ3) is 4.56. The van der Waals surface area contributed by atoms with Crippen LogP contribution < -0.4 is 16.7 Å². The van der Waals surface area contributed by atoms with Crippen LogP contribution in [0.25, 0.3) is 11.2 Å². The molecule has 2 heterocycles. The average Bonchev–Trinajstić information content (AvgIpc) is 3.10. The number of aliphatic hydroxyl groups excluding tert-OH is 1. The Balaban J connectivity index is 2.00. The number of hydrogen-bond donors (Lipinski definition) is 3. The Bertz CT molecular complexity index is 1180. The van der Waals surface area contributed by atoms with Gasteiger partial charge in [-0.1, -0.05) is 36.4 Å². The number of rotatable bonds is 9. The maximum absolute atomic E-state index is 12.5. The number of fused-ring (bicyclic) bond motifs is 1. The number of anilines is 1. The number of hydrazone groups is 1. The molecule has 1 aromatic carbocycles. The van der Waals surface area contributed by atoms with E-state index in [1.54, 1.807) is 6.08 Å². The third-order valence-electron chi connectivity index (χ3n) is 4.46. The molecule has 0 saturated heterocycles. The lowest BCUT2D eigenvalue weighted by atomic mass is 10.1. The summed E-state index contributed by atoms with van der Waals surface area (Å²) in [6.07, 6.45) is 0.659. The van der Waals surface area contributed by atoms with E-state index in [4.69, 9.17) is 4.74 Å². The zero-order valence-electron chi connectivity index (χ0n) is 16.8. The quantitative estimate of drug-likeness (QED) is 0.207. The molecule has 0 aliphatic heterocycles. The number of aliphatic hydroxyl groups is 1. The molecule has 1 atom stereocenters. The molecular weight excluding hydrogens is 388 g/mol. The van der Waals surface area contributed by atoms with E-state index in [0.29, 0.717) is 12.3 Å². The van der Waals surface area contributed by atoms with Crippen LogP contribution in [0.1, 0.15) is 12.5 Å². The molecule has 10 nitrogen and oxygen atoms in total. The van der Waals surface area contributed by atoms with Crippen molar-refractivity contribution in [2.75, 3.05) is 18.6 Å². The first-order valence-corrected chi connectivity index (χ1v) is 9.34. The number of aromatic amines is 1. The Morgan fingerprint density at radius 2 is 2.13 bits per heavy atom. The molecule has 158 valence electrons. The first-order valence-electron chi connectivity index (χ1n) is 9.34. The highest BCUT2D eigenvalue weighted by Crippen LogP contribution is 2.16. The molecular formula is C20H24N6O4. The molecule has 3 rings (SSSR count). The molecule has 0 radical (unpaired) electrons. The monoisotopic (exact) mass is 412 g/mol. The number of nitrogens with zero attached hydrogens (tertiary/aromatic N) is 4. The Labute approximate surface area is 172 Å². The largest absolute Gasteiger partial charge is 0.389 e. The van der Waals surface area contributed by atoms with Gasteiger partial charge in [0, 0.05) is 7.05 Å². The number of ether oxygens (including phenoxy) is 1. The second kappa shape index (κ2) is 9.33. The van der Waals surface area contributed by atoms with Crippen LogP contribution in [0.4, 0.5) is 5.95 Å². The molecule has 10 heteroatoms. The number of H-pyrrole nitrogens is 1. The van der Waals surface area contributed by atoms with Crippen molar-refractivity contribution in [1.82, 2.24) is 19.1 Å². The van der Waals surface area contributed by atoms with Crippen LogP contribution in [0, 0.1) is 0 Å². The summed E-state index contributed by atoms with van der Waals surface area (Å²) in [6.45, 7) is 5.74. The molecule has 0 saturated carbocycles. The second-order valence-electron chi connectivity index (χ2n) is 6.69. The van der Waals surface area contributed by atoms with E-state index < -0.39 is 17.4 Å². The maximum Gasteiger partial charge on any atom is 0.329 e. The van der Waals surface area contributed by atoms with Gasteiger partial charge in [-0.3, -0.25) is 14.3 Å². The molecule has 0 spiro atoms. The molecule has 0 amide bonds.